The van der Waals surface area contributed by atoms with Crippen molar-refractivity contribution in [2.24, 2.45) is 0 Å². The fourth-order valence-electron chi connectivity index (χ4n) is 1.22. The van der Waals surface area contributed by atoms with Gasteiger partial charge in [-0.3, -0.25) is 0 Å². The molecule has 1 aromatic carbocycles. The highest BCUT2D eigenvalue weighted by Crippen LogP contribution is 2.36. The van der Waals surface area contributed by atoms with E-state index in [1.165, 1.54) is 6.07 Å². The maximum absolute atomic E-state index is 12.8. The third-order valence-electron chi connectivity index (χ3n) is 1.81. The fraction of sp³-hybridized carbons (Fsp3) is 0.200. The number of alkyl halides is 3. The monoisotopic (exact) mass is 318 g/mol. The number of hydrogen-bond acceptors (Lipinski definition) is 2. The predicted molar refractivity (Wildman–Crippen MR) is 65.3 cm³/mol. The third-order valence-corrected chi connectivity index (χ3v) is 2.91. The van der Waals surface area contributed by atoms with Gasteiger partial charge < -0.3 is 0 Å². The Morgan fingerprint density at radius 2 is 1.61 bits per heavy atom. The van der Waals surface area contributed by atoms with Crippen LogP contribution in [-0.4, -0.2) is 20.8 Å². The van der Waals surface area contributed by atoms with E-state index in [9.17, 15) is 21.6 Å². The Kier molecular flexibility index (Phi) is 4.35. The molecule has 0 aliphatic heterocycles. The summed E-state index contributed by atoms with van der Waals surface area (Å²) in [5.41, 5.74) is -1.71. The number of halogens is 5. The summed E-state index contributed by atoms with van der Waals surface area (Å²) in [6.45, 7) is 0. The van der Waals surface area contributed by atoms with Crippen LogP contribution in [0.5, 0.6) is 0 Å². The van der Waals surface area contributed by atoms with Crippen molar-refractivity contribution in [2.45, 2.75) is 6.18 Å². The lowest BCUT2D eigenvalue weighted by atomic mass is 10.1. The van der Waals surface area contributed by atoms with Crippen LogP contribution >= 0.6 is 23.2 Å². The van der Waals surface area contributed by atoms with Gasteiger partial charge in [-0.2, -0.15) is 13.2 Å². The zero-order chi connectivity index (χ0) is 14.1. The summed E-state index contributed by atoms with van der Waals surface area (Å²) in [7, 11) is -3.95. The Labute approximate surface area is 112 Å². The number of hydrogen-bond donors (Lipinski definition) is 0. The van der Waals surface area contributed by atoms with Crippen molar-refractivity contribution in [3.05, 3.63) is 39.2 Å². The minimum Gasteiger partial charge on any atom is -0.225 e. The maximum atomic E-state index is 12.8. The maximum Gasteiger partial charge on any atom is 0.417 e. The SMILES string of the molecule is CS(=O)(=O)/C=C(/c1cc(Cl)cc(Cl)c1)C(F)(F)F. The van der Waals surface area contributed by atoms with E-state index in [1.54, 1.807) is 0 Å². The molecule has 0 radical (unpaired) electrons. The van der Waals surface area contributed by atoms with Crippen LogP contribution in [0.4, 0.5) is 13.2 Å². The van der Waals surface area contributed by atoms with Gasteiger partial charge in [-0.05, 0) is 23.8 Å². The summed E-state index contributed by atoms with van der Waals surface area (Å²) in [6.07, 6.45) is -4.15. The number of benzene rings is 1. The second-order valence-electron chi connectivity index (χ2n) is 3.52. The van der Waals surface area contributed by atoms with Gasteiger partial charge in [0.1, 0.15) is 0 Å². The van der Waals surface area contributed by atoms with Crippen LogP contribution in [0.3, 0.4) is 0 Å². The van der Waals surface area contributed by atoms with Gasteiger partial charge in [0.25, 0.3) is 0 Å². The van der Waals surface area contributed by atoms with Crippen molar-refractivity contribution < 1.29 is 21.6 Å². The standard InChI is InChI=1S/C10H7Cl2F3O2S/c1-18(16,17)5-9(10(13,14)15)6-2-7(11)4-8(12)3-6/h2-5H,1H3/b9-5-. The molecule has 0 spiro atoms. The fourth-order valence-corrected chi connectivity index (χ4v) is 2.45. The van der Waals surface area contributed by atoms with Gasteiger partial charge in [-0.15, -0.1) is 0 Å². The minimum absolute atomic E-state index is 0.0128. The molecule has 1 rings (SSSR count). The van der Waals surface area contributed by atoms with Crippen LogP contribution in [0, 0.1) is 0 Å². The first-order chi connectivity index (χ1) is 7.99. The molecule has 0 saturated carbocycles. The largest absolute Gasteiger partial charge is 0.417 e. The molecule has 0 bridgehead atoms. The normalized spacial score (nSPS) is 13.8. The molecule has 100 valence electrons. The van der Waals surface area contributed by atoms with Crippen LogP contribution in [0.25, 0.3) is 5.57 Å². The smallest absolute Gasteiger partial charge is 0.225 e. The second-order valence-corrected chi connectivity index (χ2v) is 6.28. The van der Waals surface area contributed by atoms with E-state index < -0.39 is 27.2 Å². The third kappa shape index (κ3) is 4.51. The lowest BCUT2D eigenvalue weighted by Crippen LogP contribution is -2.12. The predicted octanol–water partition coefficient (Wildman–Crippen LogP) is 3.94. The first kappa shape index (κ1) is 15.3. The summed E-state index contributed by atoms with van der Waals surface area (Å²) in [5, 5.41) is 0.122. The lowest BCUT2D eigenvalue weighted by molar-refractivity contribution is -0.0688. The highest BCUT2D eigenvalue weighted by atomic mass is 35.5. The molecule has 0 aliphatic carbocycles. The van der Waals surface area contributed by atoms with Gasteiger partial charge in [0.15, 0.2) is 9.84 Å². The quantitative estimate of drug-likeness (QED) is 0.827. The molecule has 2 nitrogen and oxygen atoms in total. The number of rotatable bonds is 2. The Morgan fingerprint density at radius 3 is 1.94 bits per heavy atom. The number of allylic oxidation sites excluding steroid dienone is 1. The van der Waals surface area contributed by atoms with E-state index in [-0.39, 0.29) is 15.5 Å². The number of sulfone groups is 1. The molecule has 8 heteroatoms. The highest BCUT2D eigenvalue weighted by molar-refractivity contribution is 7.93. The van der Waals surface area contributed by atoms with Gasteiger partial charge >= 0.3 is 6.18 Å². The zero-order valence-corrected chi connectivity index (χ0v) is 11.3. The van der Waals surface area contributed by atoms with Gasteiger partial charge in [0, 0.05) is 21.7 Å². The van der Waals surface area contributed by atoms with Crippen molar-refractivity contribution in [2.75, 3.05) is 6.26 Å². The summed E-state index contributed by atoms with van der Waals surface area (Å²) < 4.78 is 60.3. The first-order valence-electron chi connectivity index (χ1n) is 4.44. The van der Waals surface area contributed by atoms with E-state index in [0.717, 1.165) is 12.1 Å². The average Bonchev–Trinajstić information content (AvgIpc) is 2.09. The van der Waals surface area contributed by atoms with Gasteiger partial charge in [-0.25, -0.2) is 8.42 Å². The van der Waals surface area contributed by atoms with E-state index >= 15 is 0 Å². The van der Waals surface area contributed by atoms with E-state index in [0.29, 0.717) is 6.26 Å². The molecule has 0 heterocycles. The van der Waals surface area contributed by atoms with Gasteiger partial charge in [0.05, 0.1) is 5.57 Å². The van der Waals surface area contributed by atoms with Crippen molar-refractivity contribution in [1.29, 1.82) is 0 Å². The van der Waals surface area contributed by atoms with Crippen LogP contribution in [-0.2, 0) is 9.84 Å². The Morgan fingerprint density at radius 1 is 1.17 bits per heavy atom. The van der Waals surface area contributed by atoms with Crippen molar-refractivity contribution in [3.8, 4) is 0 Å². The summed E-state index contributed by atoms with van der Waals surface area (Å²) in [6, 6.07) is 3.25. The Balaban J connectivity index is 3.51. The van der Waals surface area contributed by atoms with Crippen LogP contribution in [0.1, 0.15) is 5.56 Å². The molecule has 0 amide bonds. The van der Waals surface area contributed by atoms with E-state index in [1.807, 2.05) is 0 Å². The molecular weight excluding hydrogens is 312 g/mol. The molecule has 0 aliphatic rings. The van der Waals surface area contributed by atoms with E-state index in [4.69, 9.17) is 23.2 Å². The second kappa shape index (κ2) is 5.11. The van der Waals surface area contributed by atoms with Crippen LogP contribution < -0.4 is 0 Å². The summed E-state index contributed by atoms with van der Waals surface area (Å²) in [5.74, 6) is 0. The lowest BCUT2D eigenvalue weighted by Gasteiger charge is -2.12. The highest BCUT2D eigenvalue weighted by Gasteiger charge is 2.36. The molecule has 18 heavy (non-hydrogen) atoms. The molecule has 0 N–H and O–H groups in total. The average molecular weight is 319 g/mol. The molecule has 0 saturated heterocycles. The molecule has 0 fully saturated rings. The molecule has 0 atom stereocenters. The topological polar surface area (TPSA) is 34.1 Å². The van der Waals surface area contributed by atoms with Crippen molar-refractivity contribution in [3.63, 3.8) is 0 Å². The molecule has 0 unspecified atom stereocenters. The Hall–Kier alpha value is -0.720. The summed E-state index contributed by atoms with van der Waals surface area (Å²) in [4.78, 5) is 0. The van der Waals surface area contributed by atoms with E-state index in [2.05, 4.69) is 0 Å². The van der Waals surface area contributed by atoms with Crippen molar-refractivity contribution in [1.82, 2.24) is 0 Å². The van der Waals surface area contributed by atoms with Gasteiger partial charge in [0.2, 0.25) is 0 Å². The molecule has 1 aromatic rings. The Bertz CT molecular complexity index is 571. The first-order valence-corrected chi connectivity index (χ1v) is 7.15. The van der Waals surface area contributed by atoms with Crippen LogP contribution in [0.15, 0.2) is 23.6 Å². The van der Waals surface area contributed by atoms with Crippen LogP contribution in [0.2, 0.25) is 10.0 Å². The molecular formula is C10H7Cl2F3O2S. The van der Waals surface area contributed by atoms with Gasteiger partial charge in [-0.1, -0.05) is 23.2 Å². The zero-order valence-electron chi connectivity index (χ0n) is 8.92. The summed E-state index contributed by atoms with van der Waals surface area (Å²) >= 11 is 11.2. The molecule has 0 aromatic heterocycles. The van der Waals surface area contributed by atoms with Crippen molar-refractivity contribution >= 4 is 38.6 Å². The minimum atomic E-state index is -4.82.